The van der Waals surface area contributed by atoms with E-state index in [9.17, 15) is 22.8 Å². The predicted molar refractivity (Wildman–Crippen MR) is 108 cm³/mol. The number of rotatable bonds is 3. The van der Waals surface area contributed by atoms with Gasteiger partial charge in [-0.2, -0.15) is 13.2 Å². The number of alkyl halides is 3. The van der Waals surface area contributed by atoms with Crippen LogP contribution in [0.25, 0.3) is 16.8 Å². The summed E-state index contributed by atoms with van der Waals surface area (Å²) in [7, 11) is 0. The van der Waals surface area contributed by atoms with E-state index in [0.29, 0.717) is 29.9 Å². The smallest absolute Gasteiger partial charge is 0.379 e. The lowest BCUT2D eigenvalue weighted by Crippen LogP contribution is -2.40. The third kappa shape index (κ3) is 4.18. The Labute approximate surface area is 175 Å². The Morgan fingerprint density at radius 1 is 1.23 bits per heavy atom. The van der Waals surface area contributed by atoms with Crippen LogP contribution in [0.4, 0.5) is 13.2 Å². The molecule has 6 nitrogen and oxygen atoms in total. The Morgan fingerprint density at radius 2 is 1.97 bits per heavy atom. The minimum Gasteiger partial charge on any atom is -0.379 e. The SMILES string of the molecule is Cc1c(C(F)(F)F)nc2c(-c3ccc(C(=O)N[C@H]4CCCOC4)cc3)cccn2c1=O. The maximum atomic E-state index is 13.4. The molecule has 1 N–H and O–H groups in total. The standard InChI is InChI=1S/C22H20F3N3O3/c1-13-18(22(23,24)25)27-19-17(5-2-10-28(19)21(13)30)14-6-8-15(9-7-14)20(29)26-16-4-3-11-31-12-16/h2,5-10,16H,3-4,11-12H2,1H3,(H,26,29)/t16-/m0/s1. The van der Waals surface area contributed by atoms with Gasteiger partial charge in [0.25, 0.3) is 11.5 Å². The van der Waals surface area contributed by atoms with Crippen molar-refractivity contribution < 1.29 is 22.7 Å². The first-order valence-corrected chi connectivity index (χ1v) is 9.84. The molecule has 0 radical (unpaired) electrons. The third-order valence-electron chi connectivity index (χ3n) is 5.30. The molecule has 3 heterocycles. The molecular weight excluding hydrogens is 411 g/mol. The van der Waals surface area contributed by atoms with Gasteiger partial charge in [-0.1, -0.05) is 12.1 Å². The molecule has 3 aromatic rings. The van der Waals surface area contributed by atoms with Gasteiger partial charge >= 0.3 is 6.18 Å². The number of halogens is 3. The van der Waals surface area contributed by atoms with Crippen molar-refractivity contribution >= 4 is 11.6 Å². The molecule has 31 heavy (non-hydrogen) atoms. The summed E-state index contributed by atoms with van der Waals surface area (Å²) in [5, 5.41) is 2.92. The predicted octanol–water partition coefficient (Wildman–Crippen LogP) is 3.60. The number of fused-ring (bicyclic) bond motifs is 1. The van der Waals surface area contributed by atoms with Crippen LogP contribution in [0.5, 0.6) is 0 Å². The van der Waals surface area contributed by atoms with Gasteiger partial charge in [-0.25, -0.2) is 4.98 Å². The zero-order valence-electron chi connectivity index (χ0n) is 16.7. The van der Waals surface area contributed by atoms with Gasteiger partial charge < -0.3 is 10.1 Å². The van der Waals surface area contributed by atoms with Crippen LogP contribution in [0, 0.1) is 6.92 Å². The Morgan fingerprint density at radius 3 is 2.61 bits per heavy atom. The van der Waals surface area contributed by atoms with Crippen LogP contribution in [0.1, 0.15) is 34.5 Å². The minimum absolute atomic E-state index is 0.0425. The topological polar surface area (TPSA) is 72.7 Å². The second kappa shape index (κ2) is 8.14. The number of aromatic nitrogens is 2. The van der Waals surface area contributed by atoms with Crippen LogP contribution >= 0.6 is 0 Å². The molecule has 0 spiro atoms. The van der Waals surface area contributed by atoms with Gasteiger partial charge in [0.05, 0.1) is 12.6 Å². The molecule has 1 aliphatic rings. The summed E-state index contributed by atoms with van der Waals surface area (Å²) in [5.41, 5.74) is -1.20. The van der Waals surface area contributed by atoms with Crippen molar-refractivity contribution in [1.82, 2.24) is 14.7 Å². The van der Waals surface area contributed by atoms with Crippen molar-refractivity contribution in [2.75, 3.05) is 13.2 Å². The van der Waals surface area contributed by atoms with Crippen LogP contribution in [0.15, 0.2) is 47.4 Å². The number of hydrogen-bond acceptors (Lipinski definition) is 4. The number of benzene rings is 1. The molecule has 162 valence electrons. The van der Waals surface area contributed by atoms with Gasteiger partial charge in [0.15, 0.2) is 5.69 Å². The quantitative estimate of drug-likeness (QED) is 0.688. The number of amides is 1. The van der Waals surface area contributed by atoms with Crippen molar-refractivity contribution in [2.45, 2.75) is 32.0 Å². The van der Waals surface area contributed by atoms with Gasteiger partial charge in [-0.05, 0) is 49.6 Å². The summed E-state index contributed by atoms with van der Waals surface area (Å²) in [5.74, 6) is -0.246. The molecule has 0 unspecified atom stereocenters. The fourth-order valence-electron chi connectivity index (χ4n) is 3.68. The van der Waals surface area contributed by atoms with Crippen molar-refractivity contribution in [3.05, 3.63) is 69.8 Å². The highest BCUT2D eigenvalue weighted by atomic mass is 19.4. The highest BCUT2D eigenvalue weighted by Crippen LogP contribution is 2.31. The fraction of sp³-hybridized carbons (Fsp3) is 0.318. The summed E-state index contributed by atoms with van der Waals surface area (Å²) < 4.78 is 46.5. The lowest BCUT2D eigenvalue weighted by Gasteiger charge is -2.23. The molecule has 0 aliphatic carbocycles. The van der Waals surface area contributed by atoms with Crippen LogP contribution in [0.3, 0.4) is 0 Å². The number of pyridine rings is 1. The third-order valence-corrected chi connectivity index (χ3v) is 5.30. The van der Waals surface area contributed by atoms with E-state index in [-0.39, 0.29) is 17.6 Å². The molecule has 1 atom stereocenters. The first kappa shape index (κ1) is 21.0. The molecule has 0 bridgehead atoms. The molecule has 4 rings (SSSR count). The summed E-state index contributed by atoms with van der Waals surface area (Å²) in [6.07, 6.45) is -1.62. The molecule has 1 amide bonds. The van der Waals surface area contributed by atoms with E-state index in [1.54, 1.807) is 36.4 Å². The van der Waals surface area contributed by atoms with Gasteiger partial charge in [0, 0.05) is 29.5 Å². The number of nitrogens with zero attached hydrogens (tertiary/aromatic N) is 2. The summed E-state index contributed by atoms with van der Waals surface area (Å²) in [6, 6.07) is 9.55. The van der Waals surface area contributed by atoms with Crippen molar-refractivity contribution in [1.29, 1.82) is 0 Å². The van der Waals surface area contributed by atoms with E-state index in [2.05, 4.69) is 10.3 Å². The van der Waals surface area contributed by atoms with Gasteiger partial charge in [0.2, 0.25) is 0 Å². The van der Waals surface area contributed by atoms with Crippen LogP contribution in [-0.2, 0) is 10.9 Å². The largest absolute Gasteiger partial charge is 0.433 e. The molecule has 9 heteroatoms. The average molecular weight is 431 g/mol. The zero-order chi connectivity index (χ0) is 22.2. The van der Waals surface area contributed by atoms with Crippen LogP contribution in [0.2, 0.25) is 0 Å². The minimum atomic E-state index is -4.74. The Balaban J connectivity index is 1.69. The zero-order valence-corrected chi connectivity index (χ0v) is 16.7. The maximum absolute atomic E-state index is 13.4. The van der Waals surface area contributed by atoms with Crippen molar-refractivity contribution in [3.63, 3.8) is 0 Å². The molecule has 1 aliphatic heterocycles. The highest BCUT2D eigenvalue weighted by Gasteiger charge is 2.36. The van der Waals surface area contributed by atoms with Crippen molar-refractivity contribution in [3.8, 4) is 11.1 Å². The molecule has 1 aromatic carbocycles. The summed E-state index contributed by atoms with van der Waals surface area (Å²) >= 11 is 0. The highest BCUT2D eigenvalue weighted by molar-refractivity contribution is 5.95. The molecule has 1 saturated heterocycles. The normalized spacial score (nSPS) is 17.0. The molecule has 0 saturated carbocycles. The van der Waals surface area contributed by atoms with E-state index < -0.39 is 23.0 Å². The second-order valence-corrected chi connectivity index (χ2v) is 7.47. The number of carbonyl (C=O) groups is 1. The number of carbonyl (C=O) groups excluding carboxylic acids is 1. The number of ether oxygens (including phenoxy) is 1. The van der Waals surface area contributed by atoms with Crippen LogP contribution < -0.4 is 10.9 Å². The second-order valence-electron chi connectivity index (χ2n) is 7.47. The monoisotopic (exact) mass is 431 g/mol. The Hall–Kier alpha value is -3.20. The van der Waals surface area contributed by atoms with E-state index >= 15 is 0 Å². The first-order chi connectivity index (χ1) is 14.8. The molecular formula is C22H20F3N3O3. The lowest BCUT2D eigenvalue weighted by molar-refractivity contribution is -0.141. The van der Waals surface area contributed by atoms with E-state index in [1.807, 2.05) is 0 Å². The first-order valence-electron chi connectivity index (χ1n) is 9.84. The Kier molecular flexibility index (Phi) is 5.53. The number of hydrogen-bond donors (Lipinski definition) is 1. The van der Waals surface area contributed by atoms with Gasteiger partial charge in [0.1, 0.15) is 5.65 Å². The molecule has 1 fully saturated rings. The number of nitrogens with one attached hydrogen (secondary N) is 1. The van der Waals surface area contributed by atoms with Gasteiger partial charge in [-0.3, -0.25) is 14.0 Å². The van der Waals surface area contributed by atoms with E-state index in [1.165, 1.54) is 6.20 Å². The van der Waals surface area contributed by atoms with Gasteiger partial charge in [-0.15, -0.1) is 0 Å². The van der Waals surface area contributed by atoms with Crippen molar-refractivity contribution in [2.24, 2.45) is 0 Å². The fourth-order valence-corrected chi connectivity index (χ4v) is 3.68. The van der Waals surface area contributed by atoms with E-state index in [4.69, 9.17) is 4.74 Å². The van der Waals surface area contributed by atoms with Crippen LogP contribution in [-0.4, -0.2) is 34.5 Å². The Bertz CT molecular complexity index is 1180. The average Bonchev–Trinajstić information content (AvgIpc) is 2.76. The molecule has 2 aromatic heterocycles. The lowest BCUT2D eigenvalue weighted by atomic mass is 10.0. The summed E-state index contributed by atoms with van der Waals surface area (Å²) in [4.78, 5) is 28.7. The van der Waals surface area contributed by atoms with E-state index in [0.717, 1.165) is 24.2 Å². The maximum Gasteiger partial charge on any atom is 0.433 e. The summed E-state index contributed by atoms with van der Waals surface area (Å²) in [6.45, 7) is 2.28.